The molecule has 2 amide bonds. The SMILES string of the molecule is C#CCCCC(=O)N[C@@H](Cc1ccccc1)C(=O)N[C@@H](CC(C)C)B(O)O. The van der Waals surface area contributed by atoms with Gasteiger partial charge in [-0.2, -0.15) is 0 Å². The number of unbranched alkanes of at least 4 members (excludes halogenated alkanes) is 1. The lowest BCUT2D eigenvalue weighted by molar-refractivity contribution is -0.129. The van der Waals surface area contributed by atoms with Crippen LogP contribution >= 0.6 is 0 Å². The number of carbonyl (C=O) groups excluding carboxylic acids is 2. The predicted molar refractivity (Wildman–Crippen MR) is 106 cm³/mol. The molecular weight excluding hydrogens is 343 g/mol. The van der Waals surface area contributed by atoms with E-state index in [1.165, 1.54) is 0 Å². The molecule has 2 atom stereocenters. The van der Waals surface area contributed by atoms with Gasteiger partial charge in [0.2, 0.25) is 11.8 Å². The first kappa shape index (κ1) is 22.7. The Balaban J connectivity index is 2.83. The van der Waals surface area contributed by atoms with Gasteiger partial charge in [-0.3, -0.25) is 9.59 Å². The van der Waals surface area contributed by atoms with Crippen molar-refractivity contribution in [1.29, 1.82) is 0 Å². The maximum Gasteiger partial charge on any atom is 0.475 e. The highest BCUT2D eigenvalue weighted by atomic mass is 16.4. The van der Waals surface area contributed by atoms with Crippen molar-refractivity contribution in [2.24, 2.45) is 5.92 Å². The molecule has 0 aromatic heterocycles. The highest BCUT2D eigenvalue weighted by Crippen LogP contribution is 2.08. The number of terminal acetylenes is 1. The zero-order valence-electron chi connectivity index (χ0n) is 16.0. The van der Waals surface area contributed by atoms with E-state index < -0.39 is 25.0 Å². The number of benzene rings is 1. The van der Waals surface area contributed by atoms with E-state index >= 15 is 0 Å². The van der Waals surface area contributed by atoms with Gasteiger partial charge in [0.15, 0.2) is 0 Å². The topological polar surface area (TPSA) is 98.7 Å². The molecule has 0 aliphatic rings. The van der Waals surface area contributed by atoms with Gasteiger partial charge in [0, 0.05) is 19.3 Å². The Hall–Kier alpha value is -2.30. The first-order valence-corrected chi connectivity index (χ1v) is 9.26. The first-order chi connectivity index (χ1) is 12.8. The fourth-order valence-corrected chi connectivity index (χ4v) is 2.72. The van der Waals surface area contributed by atoms with Crippen molar-refractivity contribution in [2.75, 3.05) is 0 Å². The van der Waals surface area contributed by atoms with Crippen molar-refractivity contribution in [1.82, 2.24) is 10.6 Å². The molecule has 7 heteroatoms. The summed E-state index contributed by atoms with van der Waals surface area (Å²) in [5.74, 6) is 1.15. The summed E-state index contributed by atoms with van der Waals surface area (Å²) in [5.41, 5.74) is 0.895. The molecule has 146 valence electrons. The summed E-state index contributed by atoms with van der Waals surface area (Å²) >= 11 is 0. The molecule has 1 aromatic carbocycles. The molecule has 0 radical (unpaired) electrons. The summed E-state index contributed by atoms with van der Waals surface area (Å²) in [4.78, 5) is 24.9. The third-order valence-electron chi connectivity index (χ3n) is 4.07. The van der Waals surface area contributed by atoms with Crippen LogP contribution in [0.2, 0.25) is 0 Å². The minimum Gasteiger partial charge on any atom is -0.426 e. The van der Waals surface area contributed by atoms with Gasteiger partial charge in [0.25, 0.3) is 0 Å². The maximum atomic E-state index is 12.7. The minimum atomic E-state index is -1.67. The standard InChI is InChI=1S/C20H29BN2O4/c1-4-5-7-12-19(24)22-17(14-16-10-8-6-9-11-16)20(25)23-18(21(26)27)13-15(2)3/h1,6,8-11,15,17-18,26-27H,5,7,12-14H2,2-3H3,(H,22,24)(H,23,25)/t17-,18-/m0/s1. The molecule has 27 heavy (non-hydrogen) atoms. The average molecular weight is 372 g/mol. The van der Waals surface area contributed by atoms with Crippen molar-refractivity contribution < 1.29 is 19.6 Å². The number of carbonyl (C=O) groups is 2. The Morgan fingerprint density at radius 3 is 2.41 bits per heavy atom. The van der Waals surface area contributed by atoms with E-state index in [2.05, 4.69) is 16.6 Å². The predicted octanol–water partition coefficient (Wildman–Crippen LogP) is 1.06. The van der Waals surface area contributed by atoms with Crippen LogP contribution in [0.1, 0.15) is 45.1 Å². The van der Waals surface area contributed by atoms with Crippen LogP contribution in [0.25, 0.3) is 0 Å². The number of amides is 2. The molecule has 1 rings (SSSR count). The molecule has 0 unspecified atom stereocenters. The summed E-state index contributed by atoms with van der Waals surface area (Å²) in [5, 5.41) is 24.5. The number of hydrogen-bond donors (Lipinski definition) is 4. The molecule has 0 spiro atoms. The summed E-state index contributed by atoms with van der Waals surface area (Å²) in [6, 6.07) is 8.53. The second kappa shape index (κ2) is 12.2. The van der Waals surface area contributed by atoms with E-state index in [-0.39, 0.29) is 18.2 Å². The van der Waals surface area contributed by atoms with E-state index in [0.717, 1.165) is 5.56 Å². The van der Waals surface area contributed by atoms with Crippen LogP contribution in [0.15, 0.2) is 30.3 Å². The molecule has 1 aromatic rings. The van der Waals surface area contributed by atoms with Crippen LogP contribution in [0.4, 0.5) is 0 Å². The molecule has 4 N–H and O–H groups in total. The average Bonchev–Trinajstić information content (AvgIpc) is 2.61. The van der Waals surface area contributed by atoms with Crippen molar-refractivity contribution >= 4 is 18.9 Å². The third-order valence-corrected chi connectivity index (χ3v) is 4.07. The van der Waals surface area contributed by atoms with E-state index in [9.17, 15) is 19.6 Å². The summed E-state index contributed by atoms with van der Waals surface area (Å²) in [6.45, 7) is 3.85. The van der Waals surface area contributed by atoms with Crippen LogP contribution < -0.4 is 10.6 Å². The highest BCUT2D eigenvalue weighted by Gasteiger charge is 2.29. The maximum absolute atomic E-state index is 12.7. The zero-order valence-corrected chi connectivity index (χ0v) is 16.0. The lowest BCUT2D eigenvalue weighted by Crippen LogP contribution is -2.55. The largest absolute Gasteiger partial charge is 0.475 e. The van der Waals surface area contributed by atoms with Gasteiger partial charge in [0.1, 0.15) is 6.04 Å². The van der Waals surface area contributed by atoms with E-state index in [0.29, 0.717) is 25.7 Å². The molecule has 0 saturated heterocycles. The molecule has 6 nitrogen and oxygen atoms in total. The molecular formula is C20H29BN2O4. The van der Waals surface area contributed by atoms with E-state index in [1.807, 2.05) is 44.2 Å². The van der Waals surface area contributed by atoms with Gasteiger partial charge in [-0.05, 0) is 24.3 Å². The monoisotopic (exact) mass is 372 g/mol. The van der Waals surface area contributed by atoms with Gasteiger partial charge in [-0.15, -0.1) is 12.3 Å². The summed E-state index contributed by atoms with van der Waals surface area (Å²) < 4.78 is 0. The van der Waals surface area contributed by atoms with Crippen molar-refractivity contribution in [3.63, 3.8) is 0 Å². The molecule has 0 aliphatic carbocycles. The van der Waals surface area contributed by atoms with Crippen LogP contribution in [0.5, 0.6) is 0 Å². The summed E-state index contributed by atoms with van der Waals surface area (Å²) in [7, 11) is -1.67. The molecule has 0 saturated carbocycles. The van der Waals surface area contributed by atoms with Gasteiger partial charge < -0.3 is 20.7 Å². The Morgan fingerprint density at radius 1 is 1.19 bits per heavy atom. The van der Waals surface area contributed by atoms with Crippen LogP contribution in [-0.4, -0.2) is 41.0 Å². The van der Waals surface area contributed by atoms with Crippen LogP contribution in [-0.2, 0) is 16.0 Å². The lowest BCUT2D eigenvalue weighted by Gasteiger charge is -2.24. The second-order valence-corrected chi connectivity index (χ2v) is 7.03. The molecule has 0 heterocycles. The van der Waals surface area contributed by atoms with Crippen LogP contribution in [0.3, 0.4) is 0 Å². The number of hydrogen-bond acceptors (Lipinski definition) is 4. The Labute approximate surface area is 161 Å². The van der Waals surface area contributed by atoms with E-state index in [1.54, 1.807) is 0 Å². The number of nitrogens with one attached hydrogen (secondary N) is 2. The molecule has 0 fully saturated rings. The highest BCUT2D eigenvalue weighted by molar-refractivity contribution is 6.43. The molecule has 0 bridgehead atoms. The first-order valence-electron chi connectivity index (χ1n) is 9.26. The van der Waals surface area contributed by atoms with Gasteiger partial charge in [-0.25, -0.2) is 0 Å². The van der Waals surface area contributed by atoms with Crippen molar-refractivity contribution in [3.8, 4) is 12.3 Å². The Bertz CT molecular complexity index is 629. The van der Waals surface area contributed by atoms with Gasteiger partial charge in [0.05, 0.1) is 5.94 Å². The second-order valence-electron chi connectivity index (χ2n) is 7.03. The van der Waals surface area contributed by atoms with Gasteiger partial charge >= 0.3 is 7.12 Å². The fraction of sp³-hybridized carbons (Fsp3) is 0.500. The zero-order chi connectivity index (χ0) is 20.2. The quantitative estimate of drug-likeness (QED) is 0.265. The smallest absolute Gasteiger partial charge is 0.426 e. The van der Waals surface area contributed by atoms with Crippen molar-refractivity contribution in [2.45, 2.75) is 57.9 Å². The Kier molecular flexibility index (Phi) is 10.2. The summed E-state index contributed by atoms with van der Waals surface area (Å²) in [6.07, 6.45) is 7.20. The normalized spacial score (nSPS) is 12.7. The number of rotatable bonds is 11. The van der Waals surface area contributed by atoms with E-state index in [4.69, 9.17) is 6.42 Å². The Morgan fingerprint density at radius 2 is 1.85 bits per heavy atom. The lowest BCUT2D eigenvalue weighted by atomic mass is 9.75. The third kappa shape index (κ3) is 9.27. The minimum absolute atomic E-state index is 0.169. The van der Waals surface area contributed by atoms with Crippen molar-refractivity contribution in [3.05, 3.63) is 35.9 Å². The fourth-order valence-electron chi connectivity index (χ4n) is 2.72. The molecule has 0 aliphatic heterocycles. The van der Waals surface area contributed by atoms with Crippen LogP contribution in [0, 0.1) is 18.3 Å². The van der Waals surface area contributed by atoms with Gasteiger partial charge in [-0.1, -0.05) is 44.2 Å².